The number of aryl methyl sites for hydroxylation is 3. The Balaban J connectivity index is 2.08. The van der Waals surface area contributed by atoms with Gasteiger partial charge in [0.1, 0.15) is 0 Å². The predicted molar refractivity (Wildman–Crippen MR) is 74.3 cm³/mol. The zero-order valence-corrected chi connectivity index (χ0v) is 12.0. The molecule has 2 rings (SSSR count). The molecule has 6 nitrogen and oxygen atoms in total. The van der Waals surface area contributed by atoms with Crippen molar-refractivity contribution in [2.24, 2.45) is 19.9 Å². The Bertz CT molecular complexity index is 553. The van der Waals surface area contributed by atoms with E-state index in [0.29, 0.717) is 0 Å². The van der Waals surface area contributed by atoms with Crippen LogP contribution >= 0.6 is 0 Å². The van der Waals surface area contributed by atoms with E-state index in [2.05, 4.69) is 22.4 Å². The zero-order valence-electron chi connectivity index (χ0n) is 12.0. The molecule has 0 aromatic carbocycles. The number of hydrazine groups is 1. The van der Waals surface area contributed by atoms with E-state index in [4.69, 9.17) is 5.84 Å². The first kappa shape index (κ1) is 13.8. The van der Waals surface area contributed by atoms with Crippen molar-refractivity contribution in [2.75, 3.05) is 0 Å². The maximum absolute atomic E-state index is 5.64. The summed E-state index contributed by atoms with van der Waals surface area (Å²) in [6.45, 7) is 4.15. The van der Waals surface area contributed by atoms with Gasteiger partial charge >= 0.3 is 0 Å². The summed E-state index contributed by atoms with van der Waals surface area (Å²) in [4.78, 5) is 4.35. The normalized spacial score (nSPS) is 12.9. The molecule has 0 saturated heterocycles. The minimum absolute atomic E-state index is 0.0696. The van der Waals surface area contributed by atoms with E-state index >= 15 is 0 Å². The molecule has 2 heterocycles. The lowest BCUT2D eigenvalue weighted by Crippen LogP contribution is -2.28. The van der Waals surface area contributed by atoms with Crippen molar-refractivity contribution in [3.63, 3.8) is 0 Å². The fraction of sp³-hybridized carbons (Fsp3) is 0.538. The van der Waals surface area contributed by atoms with Gasteiger partial charge in [-0.2, -0.15) is 5.10 Å². The lowest BCUT2D eigenvalue weighted by atomic mass is 10.0. The first-order valence-corrected chi connectivity index (χ1v) is 6.46. The Morgan fingerprint density at radius 2 is 2.11 bits per heavy atom. The van der Waals surface area contributed by atoms with Crippen molar-refractivity contribution < 1.29 is 0 Å². The molecule has 2 aromatic rings. The molecule has 0 bridgehead atoms. The molecule has 1 unspecified atom stereocenters. The molecule has 1 atom stereocenters. The highest BCUT2D eigenvalue weighted by Gasteiger charge is 2.15. The van der Waals surface area contributed by atoms with Gasteiger partial charge in [0.05, 0.1) is 23.8 Å². The highest BCUT2D eigenvalue weighted by molar-refractivity contribution is 5.24. The second kappa shape index (κ2) is 5.54. The van der Waals surface area contributed by atoms with Gasteiger partial charge in [0.25, 0.3) is 0 Å². The van der Waals surface area contributed by atoms with Gasteiger partial charge in [0, 0.05) is 26.0 Å². The average molecular weight is 262 g/mol. The molecule has 0 aliphatic carbocycles. The second-order valence-corrected chi connectivity index (χ2v) is 4.99. The molecule has 0 spiro atoms. The fourth-order valence-corrected chi connectivity index (χ4v) is 2.40. The highest BCUT2D eigenvalue weighted by atomic mass is 15.3. The standard InChI is InChI=1S/C13H22N6/c1-9-11(10(2)19(4)17-9)5-6-12(16-14)13-7-18(3)8-15-13/h7-8,12,16H,5-6,14H2,1-4H3. The number of nitrogens with one attached hydrogen (secondary N) is 1. The van der Waals surface area contributed by atoms with Crippen LogP contribution in [-0.2, 0) is 20.5 Å². The van der Waals surface area contributed by atoms with Gasteiger partial charge in [-0.3, -0.25) is 16.0 Å². The maximum Gasteiger partial charge on any atom is 0.0947 e. The summed E-state index contributed by atoms with van der Waals surface area (Å²) < 4.78 is 3.86. The third-order valence-corrected chi connectivity index (χ3v) is 3.62. The molecule has 0 saturated carbocycles. The molecule has 6 heteroatoms. The quantitative estimate of drug-likeness (QED) is 0.620. The molecular weight excluding hydrogens is 240 g/mol. The molecule has 19 heavy (non-hydrogen) atoms. The van der Waals surface area contributed by atoms with E-state index in [1.165, 1.54) is 11.3 Å². The van der Waals surface area contributed by atoms with Crippen LogP contribution in [-0.4, -0.2) is 19.3 Å². The second-order valence-electron chi connectivity index (χ2n) is 4.99. The van der Waals surface area contributed by atoms with Crippen molar-refractivity contribution in [1.82, 2.24) is 24.8 Å². The Hall–Kier alpha value is -1.66. The first-order chi connectivity index (χ1) is 9.02. The highest BCUT2D eigenvalue weighted by Crippen LogP contribution is 2.20. The minimum atomic E-state index is 0.0696. The van der Waals surface area contributed by atoms with Crippen LogP contribution in [0.1, 0.15) is 35.1 Å². The van der Waals surface area contributed by atoms with Gasteiger partial charge in [-0.05, 0) is 32.3 Å². The zero-order chi connectivity index (χ0) is 14.0. The average Bonchev–Trinajstić information content (AvgIpc) is 2.89. The van der Waals surface area contributed by atoms with Crippen LogP contribution < -0.4 is 11.3 Å². The van der Waals surface area contributed by atoms with E-state index in [0.717, 1.165) is 24.2 Å². The van der Waals surface area contributed by atoms with Crippen LogP contribution in [0, 0.1) is 13.8 Å². The fourth-order valence-electron chi connectivity index (χ4n) is 2.40. The molecule has 0 amide bonds. The van der Waals surface area contributed by atoms with Crippen LogP contribution in [0.15, 0.2) is 12.5 Å². The van der Waals surface area contributed by atoms with Crippen molar-refractivity contribution in [3.8, 4) is 0 Å². The van der Waals surface area contributed by atoms with Crippen LogP contribution in [0.3, 0.4) is 0 Å². The largest absolute Gasteiger partial charge is 0.340 e. The number of rotatable bonds is 5. The van der Waals surface area contributed by atoms with Gasteiger partial charge in [-0.25, -0.2) is 4.98 Å². The number of hydrogen-bond acceptors (Lipinski definition) is 4. The van der Waals surface area contributed by atoms with Gasteiger partial charge in [0.15, 0.2) is 0 Å². The smallest absolute Gasteiger partial charge is 0.0947 e. The van der Waals surface area contributed by atoms with Crippen LogP contribution in [0.2, 0.25) is 0 Å². The Labute approximate surface area is 113 Å². The molecule has 0 radical (unpaired) electrons. The summed E-state index contributed by atoms with van der Waals surface area (Å²) in [6.07, 6.45) is 5.63. The summed E-state index contributed by atoms with van der Waals surface area (Å²) in [5.74, 6) is 5.64. The molecule has 3 N–H and O–H groups in total. The first-order valence-electron chi connectivity index (χ1n) is 6.46. The lowest BCUT2D eigenvalue weighted by Gasteiger charge is -2.13. The van der Waals surface area contributed by atoms with Crippen molar-refractivity contribution in [2.45, 2.75) is 32.7 Å². The molecule has 0 aliphatic heterocycles. The summed E-state index contributed by atoms with van der Waals surface area (Å²) in [5, 5.41) is 4.44. The minimum Gasteiger partial charge on any atom is -0.340 e. The Kier molecular flexibility index (Phi) is 4.01. The topological polar surface area (TPSA) is 73.7 Å². The number of imidazole rings is 1. The predicted octanol–water partition coefficient (Wildman–Crippen LogP) is 0.908. The van der Waals surface area contributed by atoms with E-state index < -0.39 is 0 Å². The summed E-state index contributed by atoms with van der Waals surface area (Å²) >= 11 is 0. The third-order valence-electron chi connectivity index (χ3n) is 3.62. The van der Waals surface area contributed by atoms with E-state index in [1.54, 1.807) is 6.33 Å². The molecule has 0 aliphatic rings. The number of nitrogens with zero attached hydrogens (tertiary/aromatic N) is 4. The van der Waals surface area contributed by atoms with Gasteiger partial charge < -0.3 is 4.57 Å². The maximum atomic E-state index is 5.64. The number of nitrogens with two attached hydrogens (primary N) is 1. The van der Waals surface area contributed by atoms with Crippen LogP contribution in [0.5, 0.6) is 0 Å². The molecule has 104 valence electrons. The monoisotopic (exact) mass is 262 g/mol. The number of aromatic nitrogens is 4. The lowest BCUT2D eigenvalue weighted by molar-refractivity contribution is 0.505. The summed E-state index contributed by atoms with van der Waals surface area (Å²) in [7, 11) is 3.93. The van der Waals surface area contributed by atoms with Gasteiger partial charge in [0.2, 0.25) is 0 Å². The van der Waals surface area contributed by atoms with Gasteiger partial charge in [-0.15, -0.1) is 0 Å². The van der Waals surface area contributed by atoms with Crippen LogP contribution in [0.4, 0.5) is 0 Å². The summed E-state index contributed by atoms with van der Waals surface area (Å²) in [6, 6.07) is 0.0696. The van der Waals surface area contributed by atoms with Gasteiger partial charge in [-0.1, -0.05) is 0 Å². The van der Waals surface area contributed by atoms with Crippen LogP contribution in [0.25, 0.3) is 0 Å². The van der Waals surface area contributed by atoms with Crippen molar-refractivity contribution in [3.05, 3.63) is 35.2 Å². The Morgan fingerprint density at radius 1 is 1.37 bits per heavy atom. The van der Waals surface area contributed by atoms with E-state index in [9.17, 15) is 0 Å². The van der Waals surface area contributed by atoms with E-state index in [1.807, 2.05) is 36.5 Å². The number of hydrogen-bond donors (Lipinski definition) is 2. The summed E-state index contributed by atoms with van der Waals surface area (Å²) in [5.41, 5.74) is 7.44. The SMILES string of the molecule is Cc1nn(C)c(C)c1CCC(NN)c1cn(C)cn1. The molecule has 2 aromatic heterocycles. The molecular formula is C13H22N6. The Morgan fingerprint density at radius 3 is 2.58 bits per heavy atom. The van der Waals surface area contributed by atoms with E-state index in [-0.39, 0.29) is 6.04 Å². The third kappa shape index (κ3) is 2.85. The van der Waals surface area contributed by atoms with Crippen molar-refractivity contribution >= 4 is 0 Å². The molecule has 0 fully saturated rings. The van der Waals surface area contributed by atoms with Crippen molar-refractivity contribution in [1.29, 1.82) is 0 Å².